The fraction of sp³-hybridized carbons (Fsp3) is 0.278. The van der Waals surface area contributed by atoms with Crippen molar-refractivity contribution in [2.24, 2.45) is 5.16 Å². The molecule has 0 fully saturated rings. The second-order valence-corrected chi connectivity index (χ2v) is 6.08. The number of carbonyl (C=O) groups excluding carboxylic acids is 1. The smallest absolute Gasteiger partial charge is 0.438 e. The molecule has 0 N–H and O–H groups in total. The molecule has 28 heavy (non-hydrogen) atoms. The Morgan fingerprint density at radius 3 is 2.39 bits per heavy atom. The van der Waals surface area contributed by atoms with E-state index < -0.39 is 12.5 Å². The topological polar surface area (TPSA) is 73.3 Å². The number of oxime groups is 1. The molecule has 3 rings (SSSR count). The summed E-state index contributed by atoms with van der Waals surface area (Å²) in [7, 11) is 3.25. The number of amides is 1. The summed E-state index contributed by atoms with van der Waals surface area (Å²) in [6.07, 6.45) is -3.54. The maximum absolute atomic E-state index is 12.2. The molecular weight excluding hydrogens is 379 g/mol. The number of halogens is 3. The maximum Gasteiger partial charge on any atom is 0.573 e. The number of pyridine rings is 1. The summed E-state index contributed by atoms with van der Waals surface area (Å²) in [4.78, 5) is 22.5. The third kappa shape index (κ3) is 4.90. The lowest BCUT2D eigenvalue weighted by atomic mass is 10.1. The van der Waals surface area contributed by atoms with Crippen molar-refractivity contribution in [1.29, 1.82) is 0 Å². The minimum Gasteiger partial charge on any atom is -0.438 e. The molecule has 1 atom stereocenters. The van der Waals surface area contributed by atoms with Crippen LogP contribution in [0.2, 0.25) is 0 Å². The first kappa shape index (κ1) is 19.5. The van der Waals surface area contributed by atoms with Gasteiger partial charge < -0.3 is 19.2 Å². The van der Waals surface area contributed by atoms with Gasteiger partial charge in [0.2, 0.25) is 5.90 Å². The van der Waals surface area contributed by atoms with Gasteiger partial charge in [0.15, 0.2) is 6.10 Å². The Morgan fingerprint density at radius 1 is 1.14 bits per heavy atom. The second-order valence-electron chi connectivity index (χ2n) is 6.08. The van der Waals surface area contributed by atoms with Crippen LogP contribution in [0.5, 0.6) is 11.5 Å². The van der Waals surface area contributed by atoms with Crippen LogP contribution in [-0.4, -0.2) is 42.1 Å². The van der Waals surface area contributed by atoms with Crippen molar-refractivity contribution in [3.8, 4) is 11.5 Å². The van der Waals surface area contributed by atoms with Crippen molar-refractivity contribution in [2.75, 3.05) is 14.1 Å². The molecule has 2 heterocycles. The van der Waals surface area contributed by atoms with E-state index in [1.807, 2.05) is 0 Å². The monoisotopic (exact) mass is 395 g/mol. The van der Waals surface area contributed by atoms with Gasteiger partial charge in [0.1, 0.15) is 17.2 Å². The van der Waals surface area contributed by atoms with Gasteiger partial charge in [-0.25, -0.2) is 4.98 Å². The van der Waals surface area contributed by atoms with E-state index in [2.05, 4.69) is 14.9 Å². The summed E-state index contributed by atoms with van der Waals surface area (Å²) >= 11 is 0. The number of hydrogen-bond acceptors (Lipinski definition) is 6. The summed E-state index contributed by atoms with van der Waals surface area (Å²) in [6.45, 7) is 0. The number of aromatic nitrogens is 1. The number of alkyl halides is 3. The number of benzene rings is 1. The van der Waals surface area contributed by atoms with Crippen LogP contribution < -0.4 is 9.47 Å². The van der Waals surface area contributed by atoms with E-state index in [-0.39, 0.29) is 29.7 Å². The summed E-state index contributed by atoms with van der Waals surface area (Å²) in [5.41, 5.74) is 0.905. The number of hydrogen-bond donors (Lipinski definition) is 0. The third-order valence-corrected chi connectivity index (χ3v) is 3.72. The normalized spacial score (nSPS) is 16.2. The lowest BCUT2D eigenvalue weighted by molar-refractivity contribution is -0.274. The van der Waals surface area contributed by atoms with Crippen molar-refractivity contribution in [2.45, 2.75) is 18.9 Å². The van der Waals surface area contributed by atoms with Crippen LogP contribution in [-0.2, 0) is 4.84 Å². The second kappa shape index (κ2) is 7.75. The molecule has 1 aliphatic heterocycles. The molecule has 1 aromatic carbocycles. The average molecular weight is 395 g/mol. The van der Waals surface area contributed by atoms with E-state index in [0.29, 0.717) is 11.3 Å². The van der Waals surface area contributed by atoms with Crippen molar-refractivity contribution in [3.05, 3.63) is 53.9 Å². The predicted octanol–water partition coefficient (Wildman–Crippen LogP) is 3.54. The molecular formula is C18H16F3N3O4. The molecule has 0 aliphatic carbocycles. The minimum absolute atomic E-state index is 0.230. The lowest BCUT2D eigenvalue weighted by Gasteiger charge is -2.11. The molecule has 0 saturated carbocycles. The van der Waals surface area contributed by atoms with Crippen LogP contribution in [0.15, 0.2) is 47.8 Å². The van der Waals surface area contributed by atoms with E-state index in [0.717, 1.165) is 0 Å². The highest BCUT2D eigenvalue weighted by Crippen LogP contribution is 2.30. The van der Waals surface area contributed by atoms with Gasteiger partial charge in [0.25, 0.3) is 5.91 Å². The van der Waals surface area contributed by atoms with Gasteiger partial charge in [0.05, 0.1) is 12.6 Å². The summed E-state index contributed by atoms with van der Waals surface area (Å²) in [5, 5.41) is 3.84. The summed E-state index contributed by atoms with van der Waals surface area (Å²) < 4.78 is 46.0. The van der Waals surface area contributed by atoms with Gasteiger partial charge >= 0.3 is 6.36 Å². The molecule has 1 aliphatic rings. The van der Waals surface area contributed by atoms with Gasteiger partial charge in [-0.3, -0.25) is 4.79 Å². The Balaban J connectivity index is 1.57. The van der Waals surface area contributed by atoms with E-state index >= 15 is 0 Å². The number of nitrogens with zero attached hydrogens (tertiary/aromatic N) is 3. The zero-order valence-electron chi connectivity index (χ0n) is 14.9. The molecule has 7 nitrogen and oxygen atoms in total. The van der Waals surface area contributed by atoms with Gasteiger partial charge in [-0.2, -0.15) is 0 Å². The van der Waals surface area contributed by atoms with Crippen LogP contribution in [0.25, 0.3) is 0 Å². The number of ether oxygens (including phenoxy) is 2. The first-order valence-corrected chi connectivity index (χ1v) is 8.15. The molecule has 1 amide bonds. The highest BCUT2D eigenvalue weighted by Gasteiger charge is 2.31. The number of rotatable bonds is 4. The maximum atomic E-state index is 12.2. The average Bonchev–Trinajstić information content (AvgIpc) is 3.09. The van der Waals surface area contributed by atoms with Gasteiger partial charge in [-0.05, 0) is 29.8 Å². The zero-order chi connectivity index (χ0) is 20.3. The van der Waals surface area contributed by atoms with E-state index in [4.69, 9.17) is 9.57 Å². The lowest BCUT2D eigenvalue weighted by Crippen LogP contribution is -2.22. The van der Waals surface area contributed by atoms with Crippen molar-refractivity contribution < 1.29 is 32.3 Å². The molecule has 1 aromatic heterocycles. The molecule has 0 spiro atoms. The molecule has 0 saturated heterocycles. The largest absolute Gasteiger partial charge is 0.573 e. The van der Waals surface area contributed by atoms with Crippen molar-refractivity contribution >= 4 is 11.8 Å². The Hall–Kier alpha value is -3.30. The van der Waals surface area contributed by atoms with Crippen LogP contribution in [0.3, 0.4) is 0 Å². The van der Waals surface area contributed by atoms with Crippen LogP contribution in [0, 0.1) is 0 Å². The van der Waals surface area contributed by atoms with E-state index in [1.165, 1.54) is 41.4 Å². The summed E-state index contributed by atoms with van der Waals surface area (Å²) in [6, 6.07) is 8.46. The van der Waals surface area contributed by atoms with Crippen molar-refractivity contribution in [3.63, 3.8) is 0 Å². The highest BCUT2D eigenvalue weighted by atomic mass is 19.4. The highest BCUT2D eigenvalue weighted by molar-refractivity contribution is 5.92. The van der Waals surface area contributed by atoms with Gasteiger partial charge in [0, 0.05) is 14.1 Å². The standard InChI is InChI=1S/C18H16F3N3O4/c1-24(2)17(25)14-8-7-13(10-22-14)26-16-9-15(28-23-16)11-3-5-12(6-4-11)27-18(19,20)21/h3-8,10,15H,9H2,1-2H3/t15-/m0/s1. The molecule has 148 valence electrons. The zero-order valence-corrected chi connectivity index (χ0v) is 14.9. The Morgan fingerprint density at radius 2 is 1.82 bits per heavy atom. The third-order valence-electron chi connectivity index (χ3n) is 3.72. The molecule has 0 bridgehead atoms. The molecule has 10 heteroatoms. The molecule has 2 aromatic rings. The van der Waals surface area contributed by atoms with Gasteiger partial charge in [-0.1, -0.05) is 17.3 Å². The first-order chi connectivity index (χ1) is 13.2. The fourth-order valence-electron chi connectivity index (χ4n) is 2.41. The molecule has 0 unspecified atom stereocenters. The Labute approximate surface area is 158 Å². The first-order valence-electron chi connectivity index (χ1n) is 8.15. The van der Waals surface area contributed by atoms with E-state index in [9.17, 15) is 18.0 Å². The van der Waals surface area contributed by atoms with Gasteiger partial charge in [-0.15, -0.1) is 13.2 Å². The number of carbonyl (C=O) groups is 1. The quantitative estimate of drug-likeness (QED) is 0.792. The minimum atomic E-state index is -4.74. The fourth-order valence-corrected chi connectivity index (χ4v) is 2.41. The Bertz CT molecular complexity index is 865. The SMILES string of the molecule is CN(C)C(=O)c1ccc(OC2=NO[C@H](c3ccc(OC(F)(F)F)cc3)C2)cn1. The van der Waals surface area contributed by atoms with Crippen LogP contribution in [0.1, 0.15) is 28.6 Å². The predicted molar refractivity (Wildman–Crippen MR) is 91.9 cm³/mol. The van der Waals surface area contributed by atoms with E-state index in [1.54, 1.807) is 20.2 Å². The van der Waals surface area contributed by atoms with Crippen molar-refractivity contribution in [1.82, 2.24) is 9.88 Å². The Kier molecular flexibility index (Phi) is 5.39. The molecule has 0 radical (unpaired) electrons. The van der Waals surface area contributed by atoms with Crippen LogP contribution in [0.4, 0.5) is 13.2 Å². The van der Waals surface area contributed by atoms with Crippen LogP contribution >= 0.6 is 0 Å². The summed E-state index contributed by atoms with van der Waals surface area (Å²) in [5.74, 6) is 0.123.